The molecule has 7 heteroatoms. The molecule has 2 aromatic carbocycles. The Balaban J connectivity index is 1.35. The first-order valence-electron chi connectivity index (χ1n) is 10.0. The highest BCUT2D eigenvalue weighted by Crippen LogP contribution is 2.22. The first-order chi connectivity index (χ1) is 14.2. The van der Waals surface area contributed by atoms with E-state index in [0.29, 0.717) is 18.9 Å². The number of hydrogen-bond donors (Lipinski definition) is 3. The lowest BCUT2D eigenvalue weighted by Gasteiger charge is -2.29. The summed E-state index contributed by atoms with van der Waals surface area (Å²) in [6.45, 7) is 6.19. The van der Waals surface area contributed by atoms with Crippen LogP contribution in [0.2, 0.25) is 0 Å². The predicted octanol–water partition coefficient (Wildman–Crippen LogP) is -0.495. The number of piperazine rings is 1. The molecule has 0 atom stereocenters. The molecular formula is C22H31N3O4+2. The number of carbonyl (C=O) groups excluding carboxylic acids is 1. The van der Waals surface area contributed by atoms with Gasteiger partial charge in [-0.05, 0) is 36.4 Å². The fourth-order valence-corrected chi connectivity index (χ4v) is 3.54. The highest BCUT2D eigenvalue weighted by molar-refractivity contribution is 5.92. The Kier molecular flexibility index (Phi) is 7.72. The third-order valence-corrected chi connectivity index (χ3v) is 5.24. The number of ether oxygens (including phenoxy) is 3. The molecule has 1 amide bonds. The van der Waals surface area contributed by atoms with Crippen molar-refractivity contribution < 1.29 is 28.8 Å². The summed E-state index contributed by atoms with van der Waals surface area (Å²) >= 11 is 0. The third kappa shape index (κ3) is 6.37. The molecule has 0 saturated carbocycles. The molecule has 1 fully saturated rings. The maximum Gasteiger partial charge on any atom is 0.279 e. The van der Waals surface area contributed by atoms with E-state index in [1.54, 1.807) is 14.2 Å². The Hall–Kier alpha value is -2.77. The summed E-state index contributed by atoms with van der Waals surface area (Å²) in [7, 11) is 3.26. The van der Waals surface area contributed by atoms with Crippen LogP contribution in [0.1, 0.15) is 0 Å². The fraction of sp³-hybridized carbons (Fsp3) is 0.409. The van der Waals surface area contributed by atoms with Gasteiger partial charge in [-0.15, -0.1) is 0 Å². The molecule has 3 rings (SSSR count). The number of quaternary nitrogens is 2. The topological polar surface area (TPSA) is 65.7 Å². The molecule has 0 spiro atoms. The summed E-state index contributed by atoms with van der Waals surface area (Å²) in [4.78, 5) is 15.2. The zero-order valence-electron chi connectivity index (χ0n) is 17.2. The van der Waals surface area contributed by atoms with Gasteiger partial charge in [0.2, 0.25) is 0 Å². The maximum atomic E-state index is 12.4. The van der Waals surface area contributed by atoms with Crippen LogP contribution >= 0.6 is 0 Å². The number of rotatable bonds is 9. The van der Waals surface area contributed by atoms with Gasteiger partial charge in [0.05, 0.1) is 19.9 Å². The van der Waals surface area contributed by atoms with Gasteiger partial charge in [0.15, 0.2) is 6.54 Å². The van der Waals surface area contributed by atoms with Gasteiger partial charge in [-0.2, -0.15) is 0 Å². The minimum Gasteiger partial charge on any atom is -0.497 e. The molecular weight excluding hydrogens is 370 g/mol. The number of para-hydroxylation sites is 2. The number of nitrogens with one attached hydrogen (secondary N) is 3. The van der Waals surface area contributed by atoms with Gasteiger partial charge >= 0.3 is 0 Å². The van der Waals surface area contributed by atoms with E-state index in [-0.39, 0.29) is 5.91 Å². The molecule has 1 saturated heterocycles. The standard InChI is InChI=1S/C22H29N3O4/c1-27-18-7-9-19(10-8-18)29-16-15-24-11-13-25(14-12-24)17-22(26)23-20-5-3-4-6-21(20)28-2/h3-10H,11-17H2,1-2H3,(H,23,26)/p+2. The van der Waals surface area contributed by atoms with E-state index < -0.39 is 0 Å². The van der Waals surface area contributed by atoms with E-state index in [0.717, 1.165) is 49.9 Å². The predicted molar refractivity (Wildman–Crippen MR) is 111 cm³/mol. The molecule has 29 heavy (non-hydrogen) atoms. The Morgan fingerprint density at radius 1 is 0.897 bits per heavy atom. The molecule has 1 aliphatic heterocycles. The minimum atomic E-state index is 0.0239. The van der Waals surface area contributed by atoms with Crippen molar-refractivity contribution in [2.24, 2.45) is 0 Å². The van der Waals surface area contributed by atoms with E-state index in [9.17, 15) is 4.79 Å². The molecule has 0 radical (unpaired) electrons. The van der Waals surface area contributed by atoms with Gasteiger partial charge in [-0.1, -0.05) is 12.1 Å². The Morgan fingerprint density at radius 3 is 2.24 bits per heavy atom. The highest BCUT2D eigenvalue weighted by atomic mass is 16.5. The number of anilines is 1. The number of carbonyl (C=O) groups is 1. The smallest absolute Gasteiger partial charge is 0.279 e. The monoisotopic (exact) mass is 401 g/mol. The molecule has 3 N–H and O–H groups in total. The van der Waals surface area contributed by atoms with Crippen LogP contribution in [0.4, 0.5) is 5.69 Å². The van der Waals surface area contributed by atoms with Crippen molar-refractivity contribution >= 4 is 11.6 Å². The van der Waals surface area contributed by atoms with Crippen LogP contribution in [0.3, 0.4) is 0 Å². The number of benzene rings is 2. The lowest BCUT2D eigenvalue weighted by molar-refractivity contribution is -1.01. The first-order valence-corrected chi connectivity index (χ1v) is 10.0. The second-order valence-electron chi connectivity index (χ2n) is 7.20. The molecule has 1 heterocycles. The van der Waals surface area contributed by atoms with Crippen molar-refractivity contribution in [2.75, 3.05) is 65.4 Å². The van der Waals surface area contributed by atoms with Crippen molar-refractivity contribution in [2.45, 2.75) is 0 Å². The zero-order valence-corrected chi connectivity index (χ0v) is 17.2. The summed E-state index contributed by atoms with van der Waals surface area (Å²) < 4.78 is 16.3. The maximum absolute atomic E-state index is 12.4. The molecule has 0 aromatic heterocycles. The molecule has 0 bridgehead atoms. The summed E-state index contributed by atoms with van der Waals surface area (Å²) in [5.41, 5.74) is 0.722. The van der Waals surface area contributed by atoms with Crippen molar-refractivity contribution in [3.8, 4) is 17.2 Å². The van der Waals surface area contributed by atoms with Crippen molar-refractivity contribution in [3.05, 3.63) is 48.5 Å². The highest BCUT2D eigenvalue weighted by Gasteiger charge is 2.25. The summed E-state index contributed by atoms with van der Waals surface area (Å²) in [5, 5.41) is 2.96. The molecule has 0 unspecified atom stereocenters. The normalized spacial score (nSPS) is 18.7. The Morgan fingerprint density at radius 2 is 1.55 bits per heavy atom. The van der Waals surface area contributed by atoms with Crippen LogP contribution in [-0.2, 0) is 4.79 Å². The van der Waals surface area contributed by atoms with Gasteiger partial charge in [-0.25, -0.2) is 0 Å². The van der Waals surface area contributed by atoms with Gasteiger partial charge in [0.25, 0.3) is 5.91 Å². The van der Waals surface area contributed by atoms with Crippen LogP contribution in [0, 0.1) is 0 Å². The van der Waals surface area contributed by atoms with Crippen molar-refractivity contribution in [1.29, 1.82) is 0 Å². The SMILES string of the molecule is COc1ccc(OCC[NH+]2CC[NH+](CC(=O)Nc3ccccc3OC)CC2)cc1. The largest absolute Gasteiger partial charge is 0.497 e. The quantitative estimate of drug-likeness (QED) is 0.530. The number of amides is 1. The van der Waals surface area contributed by atoms with Crippen LogP contribution in [0.5, 0.6) is 17.2 Å². The van der Waals surface area contributed by atoms with E-state index in [1.165, 1.54) is 9.80 Å². The second kappa shape index (κ2) is 10.7. The van der Waals surface area contributed by atoms with Crippen molar-refractivity contribution in [3.63, 3.8) is 0 Å². The van der Waals surface area contributed by atoms with E-state index in [4.69, 9.17) is 14.2 Å². The molecule has 0 aliphatic carbocycles. The van der Waals surface area contributed by atoms with E-state index in [1.807, 2.05) is 48.5 Å². The average molecular weight is 402 g/mol. The van der Waals surface area contributed by atoms with Crippen LogP contribution < -0.4 is 29.3 Å². The lowest BCUT2D eigenvalue weighted by Crippen LogP contribution is -3.28. The fourth-order valence-electron chi connectivity index (χ4n) is 3.54. The first kappa shape index (κ1) is 21.0. The van der Waals surface area contributed by atoms with Gasteiger partial charge in [0, 0.05) is 0 Å². The Bertz CT molecular complexity index is 774. The molecule has 1 aliphatic rings. The molecule has 156 valence electrons. The second-order valence-corrected chi connectivity index (χ2v) is 7.20. The summed E-state index contributed by atoms with van der Waals surface area (Å²) in [6.07, 6.45) is 0. The zero-order chi connectivity index (χ0) is 20.5. The number of methoxy groups -OCH3 is 2. The lowest BCUT2D eigenvalue weighted by atomic mass is 10.2. The summed E-state index contributed by atoms with van der Waals surface area (Å²) in [5.74, 6) is 2.40. The Labute approximate surface area is 172 Å². The molecule has 2 aromatic rings. The van der Waals surface area contributed by atoms with Crippen LogP contribution in [0.25, 0.3) is 0 Å². The van der Waals surface area contributed by atoms with Crippen LogP contribution in [-0.4, -0.2) is 66.0 Å². The van der Waals surface area contributed by atoms with Crippen molar-refractivity contribution in [1.82, 2.24) is 0 Å². The minimum absolute atomic E-state index is 0.0239. The molecule has 7 nitrogen and oxygen atoms in total. The van der Waals surface area contributed by atoms with E-state index in [2.05, 4.69) is 5.32 Å². The van der Waals surface area contributed by atoms with Gasteiger partial charge < -0.3 is 29.3 Å². The average Bonchev–Trinajstić information content (AvgIpc) is 2.76. The summed E-state index contributed by atoms with van der Waals surface area (Å²) in [6, 6.07) is 15.1. The third-order valence-electron chi connectivity index (χ3n) is 5.24. The van der Waals surface area contributed by atoms with Gasteiger partial charge in [-0.3, -0.25) is 4.79 Å². The van der Waals surface area contributed by atoms with Crippen LogP contribution in [0.15, 0.2) is 48.5 Å². The number of hydrogen-bond acceptors (Lipinski definition) is 4. The van der Waals surface area contributed by atoms with Gasteiger partial charge in [0.1, 0.15) is 56.6 Å². The van der Waals surface area contributed by atoms with E-state index >= 15 is 0 Å².